The molecule has 2 aromatic rings. The van der Waals surface area contributed by atoms with Gasteiger partial charge in [0.25, 0.3) is 0 Å². The van der Waals surface area contributed by atoms with Gasteiger partial charge in [0.15, 0.2) is 0 Å². The van der Waals surface area contributed by atoms with Crippen LogP contribution in [0.2, 0.25) is 0 Å². The normalized spacial score (nSPS) is 8.91. The van der Waals surface area contributed by atoms with Crippen LogP contribution in [0.15, 0.2) is 60.7 Å². The highest BCUT2D eigenvalue weighted by molar-refractivity contribution is 5.92. The van der Waals surface area contributed by atoms with Crippen LogP contribution in [0.3, 0.4) is 0 Å². The van der Waals surface area contributed by atoms with Gasteiger partial charge < -0.3 is 5.11 Å². The molecule has 0 spiro atoms. The summed E-state index contributed by atoms with van der Waals surface area (Å²) in [6, 6.07) is 16.6. The third-order valence-electron chi connectivity index (χ3n) is 2.29. The fraction of sp³-hybridized carbons (Fsp3) is 0. The Balaban J connectivity index is 0.000000463. The van der Waals surface area contributed by atoms with Crippen LogP contribution in [-0.4, -0.2) is 28.5 Å². The van der Waals surface area contributed by atoms with Gasteiger partial charge in [-0.3, -0.25) is 4.89 Å². The molecule has 2 rings (SSSR count). The van der Waals surface area contributed by atoms with E-state index in [1.165, 1.54) is 0 Å². The van der Waals surface area contributed by atoms with E-state index >= 15 is 0 Å². The standard InChI is InChI=1S/C14H10O4.CH2O4/c15-13(11-7-3-1-4-8-11)17-18-14(16)12-9-5-2-6-10-12;2-1(3)5-4/h1-10H;4H,(H,2,3). The van der Waals surface area contributed by atoms with Crippen molar-refractivity contribution in [3.05, 3.63) is 71.8 Å². The maximum atomic E-state index is 11.5. The van der Waals surface area contributed by atoms with Gasteiger partial charge in [0, 0.05) is 0 Å². The predicted molar refractivity (Wildman–Crippen MR) is 75.5 cm³/mol. The van der Waals surface area contributed by atoms with Gasteiger partial charge in [-0.2, -0.15) is 5.26 Å². The van der Waals surface area contributed by atoms with Gasteiger partial charge in [-0.05, 0) is 24.3 Å². The van der Waals surface area contributed by atoms with Crippen LogP contribution >= 0.6 is 0 Å². The number of hydrogen-bond donors (Lipinski definition) is 2. The Bertz CT molecular complexity index is 588. The molecule has 0 atom stereocenters. The minimum atomic E-state index is -1.69. The molecule has 0 bridgehead atoms. The molecule has 0 amide bonds. The van der Waals surface area contributed by atoms with Crippen molar-refractivity contribution in [1.82, 2.24) is 0 Å². The molecule has 2 aromatic carbocycles. The van der Waals surface area contributed by atoms with Gasteiger partial charge in [0.2, 0.25) is 0 Å². The third-order valence-corrected chi connectivity index (χ3v) is 2.29. The minimum absolute atomic E-state index is 0.318. The fourth-order valence-corrected chi connectivity index (χ4v) is 1.32. The summed E-state index contributed by atoms with van der Waals surface area (Å²) in [6.45, 7) is 0. The van der Waals surface area contributed by atoms with Crippen molar-refractivity contribution in [2.24, 2.45) is 0 Å². The highest BCUT2D eigenvalue weighted by atomic mass is 17.2. The molecular weight excluding hydrogens is 308 g/mol. The van der Waals surface area contributed by atoms with Gasteiger partial charge in [-0.25, -0.2) is 24.2 Å². The van der Waals surface area contributed by atoms with Gasteiger partial charge in [-0.1, -0.05) is 36.4 Å². The Morgan fingerprint density at radius 1 is 0.696 bits per heavy atom. The van der Waals surface area contributed by atoms with Crippen LogP contribution in [-0.2, 0) is 14.7 Å². The zero-order valence-electron chi connectivity index (χ0n) is 11.6. The first-order valence-electron chi connectivity index (χ1n) is 6.12. The molecule has 120 valence electrons. The van der Waals surface area contributed by atoms with Crippen molar-refractivity contribution >= 4 is 18.1 Å². The Morgan fingerprint density at radius 3 is 1.26 bits per heavy atom. The first-order chi connectivity index (χ1) is 11.0. The van der Waals surface area contributed by atoms with Crippen LogP contribution in [0.4, 0.5) is 4.79 Å². The number of rotatable bonds is 2. The number of benzene rings is 2. The molecular formula is C15H12O8. The van der Waals surface area contributed by atoms with Crippen LogP contribution in [0.5, 0.6) is 0 Å². The van der Waals surface area contributed by atoms with Gasteiger partial charge in [0.05, 0.1) is 11.1 Å². The monoisotopic (exact) mass is 320 g/mol. The summed E-state index contributed by atoms with van der Waals surface area (Å²) in [5.41, 5.74) is 0.636. The molecule has 0 unspecified atom stereocenters. The summed E-state index contributed by atoms with van der Waals surface area (Å²) in [5.74, 6) is -1.42. The molecule has 0 aromatic heterocycles. The molecule has 8 nitrogen and oxygen atoms in total. The number of carbonyl (C=O) groups is 3. The zero-order chi connectivity index (χ0) is 17.1. The van der Waals surface area contributed by atoms with Crippen molar-refractivity contribution < 1.29 is 39.4 Å². The fourth-order valence-electron chi connectivity index (χ4n) is 1.32. The van der Waals surface area contributed by atoms with E-state index in [0.29, 0.717) is 11.1 Å². The zero-order valence-corrected chi connectivity index (χ0v) is 11.6. The Kier molecular flexibility index (Phi) is 7.32. The van der Waals surface area contributed by atoms with Crippen molar-refractivity contribution in [3.63, 3.8) is 0 Å². The van der Waals surface area contributed by atoms with E-state index in [2.05, 4.69) is 14.7 Å². The summed E-state index contributed by atoms with van der Waals surface area (Å²) in [4.78, 5) is 43.4. The molecule has 0 saturated carbocycles. The van der Waals surface area contributed by atoms with Crippen LogP contribution in [0, 0.1) is 0 Å². The summed E-state index contributed by atoms with van der Waals surface area (Å²) < 4.78 is 0. The van der Waals surface area contributed by atoms with Crippen LogP contribution < -0.4 is 0 Å². The number of carbonyl (C=O) groups excluding carboxylic acids is 2. The minimum Gasteiger partial charge on any atom is -0.448 e. The summed E-state index contributed by atoms with van der Waals surface area (Å²) in [7, 11) is 0. The molecule has 0 fully saturated rings. The van der Waals surface area contributed by atoms with Gasteiger partial charge in [0.1, 0.15) is 0 Å². The number of hydrogen-bond acceptors (Lipinski definition) is 7. The smallest absolute Gasteiger partial charge is 0.448 e. The Morgan fingerprint density at radius 2 is 1.00 bits per heavy atom. The topological polar surface area (TPSA) is 119 Å². The van der Waals surface area contributed by atoms with Crippen LogP contribution in [0.25, 0.3) is 0 Å². The van der Waals surface area contributed by atoms with E-state index in [-0.39, 0.29) is 0 Å². The average molecular weight is 320 g/mol. The first kappa shape index (κ1) is 17.7. The molecule has 0 radical (unpaired) electrons. The predicted octanol–water partition coefficient (Wildman–Crippen LogP) is 2.77. The summed E-state index contributed by atoms with van der Waals surface area (Å²) >= 11 is 0. The number of carboxylic acid groups (broad SMARTS) is 1. The SMILES string of the molecule is O=C(O)OO.O=C(OOC(=O)c1ccccc1)c1ccccc1. The molecule has 8 heteroatoms. The Labute approximate surface area is 130 Å². The lowest BCUT2D eigenvalue weighted by atomic mass is 10.2. The lowest BCUT2D eigenvalue weighted by Gasteiger charge is -2.02. The van der Waals surface area contributed by atoms with Crippen LogP contribution in [0.1, 0.15) is 20.7 Å². The molecule has 2 N–H and O–H groups in total. The summed E-state index contributed by atoms with van der Waals surface area (Å²) in [5, 5.41) is 14.3. The second-order valence-corrected chi connectivity index (χ2v) is 3.83. The van der Waals surface area contributed by atoms with Gasteiger partial charge >= 0.3 is 18.1 Å². The van der Waals surface area contributed by atoms with E-state index < -0.39 is 18.1 Å². The van der Waals surface area contributed by atoms with E-state index in [1.54, 1.807) is 60.7 Å². The third kappa shape index (κ3) is 6.74. The molecule has 0 aliphatic carbocycles. The lowest BCUT2D eigenvalue weighted by molar-refractivity contribution is -0.194. The molecule has 23 heavy (non-hydrogen) atoms. The van der Waals surface area contributed by atoms with E-state index in [0.717, 1.165) is 0 Å². The summed E-state index contributed by atoms with van der Waals surface area (Å²) in [6.07, 6.45) is -1.69. The molecule has 0 heterocycles. The van der Waals surface area contributed by atoms with E-state index in [4.69, 9.17) is 15.2 Å². The molecule has 0 aliphatic rings. The quantitative estimate of drug-likeness (QED) is 0.640. The maximum absolute atomic E-state index is 11.5. The lowest BCUT2D eigenvalue weighted by Crippen LogP contribution is -2.11. The van der Waals surface area contributed by atoms with Crippen molar-refractivity contribution in [3.8, 4) is 0 Å². The second-order valence-electron chi connectivity index (χ2n) is 3.83. The van der Waals surface area contributed by atoms with Crippen molar-refractivity contribution in [2.45, 2.75) is 0 Å². The molecule has 0 saturated heterocycles. The average Bonchev–Trinajstić information content (AvgIpc) is 2.61. The highest BCUT2D eigenvalue weighted by Gasteiger charge is 2.12. The maximum Gasteiger partial charge on any atom is 0.537 e. The van der Waals surface area contributed by atoms with Crippen molar-refractivity contribution in [2.75, 3.05) is 0 Å². The van der Waals surface area contributed by atoms with E-state index in [1.807, 2.05) is 0 Å². The highest BCUT2D eigenvalue weighted by Crippen LogP contribution is 2.05. The Hall–Kier alpha value is -3.39. The molecule has 0 aliphatic heterocycles. The van der Waals surface area contributed by atoms with Gasteiger partial charge in [-0.15, -0.1) is 0 Å². The largest absolute Gasteiger partial charge is 0.537 e. The first-order valence-corrected chi connectivity index (χ1v) is 6.12. The van der Waals surface area contributed by atoms with E-state index in [9.17, 15) is 9.59 Å². The second kappa shape index (κ2) is 9.53. The van der Waals surface area contributed by atoms with Crippen molar-refractivity contribution in [1.29, 1.82) is 0 Å².